The molecule has 1 unspecified atom stereocenters. The van der Waals surface area contributed by atoms with Crippen molar-refractivity contribution in [3.8, 4) is 0 Å². The van der Waals surface area contributed by atoms with Gasteiger partial charge in [-0.25, -0.2) is 0 Å². The molecule has 2 heterocycles. The molecule has 0 bridgehead atoms. The zero-order chi connectivity index (χ0) is 12.4. The van der Waals surface area contributed by atoms with Gasteiger partial charge in [-0.3, -0.25) is 4.90 Å². The van der Waals surface area contributed by atoms with Crippen LogP contribution in [0.2, 0.25) is 0 Å². The number of hydrogen-bond donors (Lipinski definition) is 1. The standard InChI is InChI=1S/C16H30N2/c1-14-4-6-15(7-5-14)18-11-3-9-16(13-18)8-2-10-17-12-16/h14-15,17H,2-13H2,1H3. The molecule has 1 aliphatic carbocycles. The molecule has 18 heavy (non-hydrogen) atoms. The normalized spacial score (nSPS) is 43.2. The Morgan fingerprint density at radius 2 is 1.83 bits per heavy atom. The molecule has 0 aromatic heterocycles. The molecule has 2 nitrogen and oxygen atoms in total. The summed E-state index contributed by atoms with van der Waals surface area (Å²) in [6, 6.07) is 0.917. The predicted octanol–water partition coefficient (Wildman–Crippen LogP) is 3.03. The number of rotatable bonds is 1. The summed E-state index contributed by atoms with van der Waals surface area (Å²) in [5.41, 5.74) is 0.638. The van der Waals surface area contributed by atoms with Gasteiger partial charge in [0.2, 0.25) is 0 Å². The molecule has 2 aliphatic heterocycles. The van der Waals surface area contributed by atoms with Crippen LogP contribution >= 0.6 is 0 Å². The van der Waals surface area contributed by atoms with Crippen molar-refractivity contribution < 1.29 is 0 Å². The average Bonchev–Trinajstić information content (AvgIpc) is 2.40. The third-order valence-electron chi connectivity index (χ3n) is 5.75. The number of piperidine rings is 2. The van der Waals surface area contributed by atoms with Crippen molar-refractivity contribution in [2.45, 2.75) is 64.3 Å². The molecule has 0 radical (unpaired) electrons. The number of nitrogens with one attached hydrogen (secondary N) is 1. The lowest BCUT2D eigenvalue weighted by Crippen LogP contribution is -2.54. The predicted molar refractivity (Wildman–Crippen MR) is 76.8 cm³/mol. The van der Waals surface area contributed by atoms with Crippen LogP contribution in [0.4, 0.5) is 0 Å². The van der Waals surface area contributed by atoms with Crippen LogP contribution in [0.1, 0.15) is 58.3 Å². The van der Waals surface area contributed by atoms with Crippen LogP contribution in [0.15, 0.2) is 0 Å². The quantitative estimate of drug-likeness (QED) is 0.769. The van der Waals surface area contributed by atoms with Gasteiger partial charge >= 0.3 is 0 Å². The highest BCUT2D eigenvalue weighted by Gasteiger charge is 2.38. The summed E-state index contributed by atoms with van der Waals surface area (Å²) < 4.78 is 0. The van der Waals surface area contributed by atoms with Gasteiger partial charge in [-0.05, 0) is 75.8 Å². The number of nitrogens with zero attached hydrogens (tertiary/aromatic N) is 1. The van der Waals surface area contributed by atoms with Crippen molar-refractivity contribution in [2.24, 2.45) is 11.3 Å². The lowest BCUT2D eigenvalue weighted by atomic mass is 9.73. The Hall–Kier alpha value is -0.0800. The first-order valence-corrected chi connectivity index (χ1v) is 8.22. The lowest BCUT2D eigenvalue weighted by Gasteiger charge is -2.49. The van der Waals surface area contributed by atoms with Gasteiger partial charge in [0.25, 0.3) is 0 Å². The minimum atomic E-state index is 0.638. The average molecular weight is 250 g/mol. The van der Waals surface area contributed by atoms with E-state index >= 15 is 0 Å². The maximum absolute atomic E-state index is 3.65. The van der Waals surface area contributed by atoms with Gasteiger partial charge in [0.05, 0.1) is 0 Å². The zero-order valence-electron chi connectivity index (χ0n) is 12.1. The van der Waals surface area contributed by atoms with Crippen molar-refractivity contribution in [1.29, 1.82) is 0 Å². The fraction of sp³-hybridized carbons (Fsp3) is 1.00. The van der Waals surface area contributed by atoms with Gasteiger partial charge in [-0.15, -0.1) is 0 Å². The zero-order valence-corrected chi connectivity index (χ0v) is 12.1. The Morgan fingerprint density at radius 1 is 1.06 bits per heavy atom. The molecular weight excluding hydrogens is 220 g/mol. The van der Waals surface area contributed by atoms with Gasteiger partial charge < -0.3 is 5.32 Å². The summed E-state index contributed by atoms with van der Waals surface area (Å²) >= 11 is 0. The SMILES string of the molecule is CC1CCC(N2CCCC3(CCCNC3)C2)CC1. The first-order chi connectivity index (χ1) is 8.77. The molecule has 0 aromatic carbocycles. The first-order valence-electron chi connectivity index (χ1n) is 8.22. The van der Waals surface area contributed by atoms with E-state index in [1.54, 1.807) is 0 Å². The number of hydrogen-bond acceptors (Lipinski definition) is 2. The van der Waals surface area contributed by atoms with Crippen molar-refractivity contribution in [2.75, 3.05) is 26.2 Å². The van der Waals surface area contributed by atoms with E-state index in [0.29, 0.717) is 5.41 Å². The summed E-state index contributed by atoms with van der Waals surface area (Å²) in [5, 5.41) is 3.65. The van der Waals surface area contributed by atoms with Crippen molar-refractivity contribution in [3.05, 3.63) is 0 Å². The van der Waals surface area contributed by atoms with E-state index in [-0.39, 0.29) is 0 Å². The molecule has 0 amide bonds. The van der Waals surface area contributed by atoms with Gasteiger partial charge in [0.1, 0.15) is 0 Å². The van der Waals surface area contributed by atoms with Crippen LogP contribution in [0.25, 0.3) is 0 Å². The minimum absolute atomic E-state index is 0.638. The summed E-state index contributed by atoms with van der Waals surface area (Å²) in [6.45, 7) is 7.73. The van der Waals surface area contributed by atoms with E-state index in [9.17, 15) is 0 Å². The third kappa shape index (κ3) is 2.75. The first kappa shape index (κ1) is 12.9. The Balaban J connectivity index is 1.59. The van der Waals surface area contributed by atoms with Gasteiger partial charge in [0.15, 0.2) is 0 Å². The highest BCUT2D eigenvalue weighted by molar-refractivity contribution is 4.93. The molecule has 1 atom stereocenters. The molecule has 2 saturated heterocycles. The van der Waals surface area contributed by atoms with Crippen LogP contribution < -0.4 is 5.32 Å². The van der Waals surface area contributed by atoms with Gasteiger partial charge in [-0.2, -0.15) is 0 Å². The maximum Gasteiger partial charge on any atom is 0.00957 e. The summed E-state index contributed by atoms with van der Waals surface area (Å²) in [4.78, 5) is 2.86. The molecule has 3 fully saturated rings. The smallest absolute Gasteiger partial charge is 0.00957 e. The topological polar surface area (TPSA) is 15.3 Å². The van der Waals surface area contributed by atoms with E-state index in [1.165, 1.54) is 77.5 Å². The van der Waals surface area contributed by atoms with Crippen molar-refractivity contribution in [3.63, 3.8) is 0 Å². The molecule has 3 rings (SSSR count). The molecule has 104 valence electrons. The molecule has 1 N–H and O–H groups in total. The molecule has 0 aromatic rings. The number of likely N-dealkylation sites (tertiary alicyclic amines) is 1. The monoisotopic (exact) mass is 250 g/mol. The third-order valence-corrected chi connectivity index (χ3v) is 5.75. The highest BCUT2D eigenvalue weighted by atomic mass is 15.2. The molecular formula is C16H30N2. The lowest BCUT2D eigenvalue weighted by molar-refractivity contribution is 0.0225. The Labute approximate surface area is 113 Å². The highest BCUT2D eigenvalue weighted by Crippen LogP contribution is 2.38. The second kappa shape index (κ2) is 5.50. The second-order valence-corrected chi connectivity index (χ2v) is 7.27. The molecule has 1 saturated carbocycles. The van der Waals surface area contributed by atoms with E-state index in [4.69, 9.17) is 0 Å². The van der Waals surface area contributed by atoms with E-state index in [2.05, 4.69) is 17.1 Å². The Bertz CT molecular complexity index is 257. The van der Waals surface area contributed by atoms with Crippen LogP contribution in [0, 0.1) is 11.3 Å². The largest absolute Gasteiger partial charge is 0.316 e. The van der Waals surface area contributed by atoms with Gasteiger partial charge in [0, 0.05) is 19.1 Å². The van der Waals surface area contributed by atoms with Gasteiger partial charge in [-0.1, -0.05) is 6.92 Å². The van der Waals surface area contributed by atoms with Crippen LogP contribution in [0.5, 0.6) is 0 Å². The van der Waals surface area contributed by atoms with Crippen LogP contribution in [-0.2, 0) is 0 Å². The Kier molecular flexibility index (Phi) is 3.95. The second-order valence-electron chi connectivity index (χ2n) is 7.27. The summed E-state index contributed by atoms with van der Waals surface area (Å²) in [7, 11) is 0. The fourth-order valence-electron chi connectivity index (χ4n) is 4.54. The van der Waals surface area contributed by atoms with Crippen LogP contribution in [-0.4, -0.2) is 37.1 Å². The molecule has 2 heteroatoms. The van der Waals surface area contributed by atoms with E-state index < -0.39 is 0 Å². The van der Waals surface area contributed by atoms with Crippen molar-refractivity contribution >= 4 is 0 Å². The molecule has 3 aliphatic rings. The summed E-state index contributed by atoms with van der Waals surface area (Å²) in [6.07, 6.45) is 11.6. The van der Waals surface area contributed by atoms with E-state index in [1.807, 2.05) is 0 Å². The summed E-state index contributed by atoms with van der Waals surface area (Å²) in [5.74, 6) is 0.983. The maximum atomic E-state index is 3.65. The minimum Gasteiger partial charge on any atom is -0.316 e. The van der Waals surface area contributed by atoms with Crippen molar-refractivity contribution in [1.82, 2.24) is 10.2 Å². The van der Waals surface area contributed by atoms with E-state index in [0.717, 1.165) is 12.0 Å². The van der Waals surface area contributed by atoms with Crippen LogP contribution in [0.3, 0.4) is 0 Å². The Morgan fingerprint density at radius 3 is 2.56 bits per heavy atom. The molecule has 1 spiro atoms. The fourth-order valence-corrected chi connectivity index (χ4v) is 4.54.